The van der Waals surface area contributed by atoms with Crippen LogP contribution in [-0.2, 0) is 9.53 Å². The molecular formula is C12H14ClFN2O3. The van der Waals surface area contributed by atoms with E-state index in [1.165, 1.54) is 6.07 Å². The number of hydrogen-bond acceptors (Lipinski definition) is 4. The molecule has 0 saturated heterocycles. The number of aldehydes is 1. The molecule has 0 saturated carbocycles. The number of nitrogens with one attached hydrogen (secondary N) is 1. The highest BCUT2D eigenvalue weighted by Crippen LogP contribution is 2.23. The van der Waals surface area contributed by atoms with E-state index in [9.17, 15) is 14.0 Å². The van der Waals surface area contributed by atoms with Gasteiger partial charge in [0.05, 0.1) is 10.6 Å². The van der Waals surface area contributed by atoms with E-state index in [0.717, 1.165) is 6.20 Å². The average molecular weight is 289 g/mol. The summed E-state index contributed by atoms with van der Waals surface area (Å²) >= 11 is 5.79. The molecule has 104 valence electrons. The number of aromatic nitrogens is 1. The number of nitrogens with zero attached hydrogens (tertiary/aromatic N) is 1. The second-order valence-corrected chi connectivity index (χ2v) is 5.16. The maximum atomic E-state index is 13.5. The SMILES string of the molecule is CC(C)(C)OC(=O)NC(C=O)c1c(Cl)ccnc1F. The summed E-state index contributed by atoms with van der Waals surface area (Å²) in [6.07, 6.45) is 0.677. The first kappa shape index (κ1) is 15.4. The van der Waals surface area contributed by atoms with Gasteiger partial charge in [-0.2, -0.15) is 4.39 Å². The lowest BCUT2D eigenvalue weighted by Crippen LogP contribution is -2.36. The Labute approximate surface area is 115 Å². The van der Waals surface area contributed by atoms with Gasteiger partial charge in [0.2, 0.25) is 5.95 Å². The highest BCUT2D eigenvalue weighted by atomic mass is 35.5. The first-order valence-corrected chi connectivity index (χ1v) is 5.87. The molecule has 1 aromatic rings. The number of amides is 1. The Bertz CT molecular complexity index is 468. The van der Waals surface area contributed by atoms with E-state index in [2.05, 4.69) is 10.3 Å². The Morgan fingerprint density at radius 2 is 2.21 bits per heavy atom. The third kappa shape index (κ3) is 4.48. The van der Waals surface area contributed by atoms with Gasteiger partial charge in [-0.25, -0.2) is 9.78 Å². The topological polar surface area (TPSA) is 68.3 Å². The van der Waals surface area contributed by atoms with Crippen LogP contribution in [0.2, 0.25) is 5.02 Å². The smallest absolute Gasteiger partial charge is 0.408 e. The van der Waals surface area contributed by atoms with Gasteiger partial charge in [0.1, 0.15) is 17.9 Å². The zero-order valence-corrected chi connectivity index (χ0v) is 11.5. The zero-order chi connectivity index (χ0) is 14.6. The summed E-state index contributed by atoms with van der Waals surface area (Å²) in [6, 6.07) is 0.0730. The molecule has 1 unspecified atom stereocenters. The van der Waals surface area contributed by atoms with Gasteiger partial charge in [-0.3, -0.25) is 0 Å². The number of rotatable bonds is 3. The van der Waals surface area contributed by atoms with Crippen LogP contribution in [0.4, 0.5) is 9.18 Å². The van der Waals surface area contributed by atoms with E-state index in [-0.39, 0.29) is 10.6 Å². The van der Waals surface area contributed by atoms with Crippen molar-refractivity contribution >= 4 is 24.0 Å². The van der Waals surface area contributed by atoms with Crippen molar-refractivity contribution in [3.8, 4) is 0 Å². The molecule has 1 rings (SSSR count). The van der Waals surface area contributed by atoms with Crippen molar-refractivity contribution in [1.29, 1.82) is 0 Å². The average Bonchev–Trinajstić information content (AvgIpc) is 2.24. The van der Waals surface area contributed by atoms with E-state index < -0.39 is 23.7 Å². The lowest BCUT2D eigenvalue weighted by atomic mass is 10.1. The minimum absolute atomic E-state index is 0.000610. The van der Waals surface area contributed by atoms with Gasteiger partial charge in [0.15, 0.2) is 0 Å². The van der Waals surface area contributed by atoms with Gasteiger partial charge < -0.3 is 14.8 Å². The van der Waals surface area contributed by atoms with Crippen LogP contribution in [0.5, 0.6) is 0 Å². The number of carbonyl (C=O) groups is 2. The molecule has 19 heavy (non-hydrogen) atoms. The molecule has 0 aliphatic heterocycles. The van der Waals surface area contributed by atoms with Crippen LogP contribution < -0.4 is 5.32 Å². The predicted molar refractivity (Wildman–Crippen MR) is 67.4 cm³/mol. The largest absolute Gasteiger partial charge is 0.444 e. The van der Waals surface area contributed by atoms with E-state index in [1.807, 2.05) is 0 Å². The van der Waals surface area contributed by atoms with Gasteiger partial charge in [-0.05, 0) is 26.8 Å². The van der Waals surface area contributed by atoms with Gasteiger partial charge in [-0.1, -0.05) is 11.6 Å². The summed E-state index contributed by atoms with van der Waals surface area (Å²) in [5, 5.41) is 2.23. The quantitative estimate of drug-likeness (QED) is 0.686. The lowest BCUT2D eigenvalue weighted by Gasteiger charge is -2.21. The number of alkyl carbamates (subject to hydrolysis) is 1. The first-order valence-electron chi connectivity index (χ1n) is 5.49. The number of pyridine rings is 1. The summed E-state index contributed by atoms with van der Waals surface area (Å²) in [7, 11) is 0. The van der Waals surface area contributed by atoms with Crippen molar-refractivity contribution in [3.05, 3.63) is 28.8 Å². The maximum absolute atomic E-state index is 13.5. The maximum Gasteiger partial charge on any atom is 0.408 e. The molecule has 0 fully saturated rings. The van der Waals surface area contributed by atoms with Crippen molar-refractivity contribution in [2.24, 2.45) is 0 Å². The Morgan fingerprint density at radius 1 is 1.58 bits per heavy atom. The second kappa shape index (κ2) is 5.97. The van der Waals surface area contributed by atoms with Crippen LogP contribution in [0.3, 0.4) is 0 Å². The lowest BCUT2D eigenvalue weighted by molar-refractivity contribution is -0.109. The summed E-state index contributed by atoms with van der Waals surface area (Å²) in [5.41, 5.74) is -0.917. The molecule has 1 N–H and O–H groups in total. The molecule has 1 amide bonds. The Balaban J connectivity index is 2.91. The van der Waals surface area contributed by atoms with Gasteiger partial charge in [0.25, 0.3) is 0 Å². The van der Waals surface area contributed by atoms with E-state index in [4.69, 9.17) is 16.3 Å². The second-order valence-electron chi connectivity index (χ2n) is 4.76. The summed E-state index contributed by atoms with van der Waals surface area (Å²) in [5.74, 6) is -0.916. The summed E-state index contributed by atoms with van der Waals surface area (Å²) in [4.78, 5) is 25.9. The van der Waals surface area contributed by atoms with Crippen LogP contribution in [0.15, 0.2) is 12.3 Å². The molecule has 0 spiro atoms. The van der Waals surface area contributed by atoms with Crippen LogP contribution in [0.1, 0.15) is 32.4 Å². The van der Waals surface area contributed by atoms with Gasteiger partial charge in [0, 0.05) is 6.20 Å². The monoisotopic (exact) mass is 288 g/mol. The summed E-state index contributed by atoms with van der Waals surface area (Å²) in [6.45, 7) is 5.00. The van der Waals surface area contributed by atoms with Crippen LogP contribution >= 0.6 is 11.6 Å². The molecule has 0 bridgehead atoms. The Hall–Kier alpha value is -1.69. The van der Waals surface area contributed by atoms with E-state index in [0.29, 0.717) is 6.29 Å². The Kier molecular flexibility index (Phi) is 4.83. The van der Waals surface area contributed by atoms with Crippen LogP contribution in [0, 0.1) is 5.95 Å². The standard InChI is InChI=1S/C12H14ClFN2O3/c1-12(2,3)19-11(18)16-8(6-17)9-7(13)4-5-15-10(9)14/h4-6,8H,1-3H3,(H,16,18). The normalized spacial score (nSPS) is 12.7. The molecule has 7 heteroatoms. The number of hydrogen-bond donors (Lipinski definition) is 1. The van der Waals surface area contributed by atoms with Crippen LogP contribution in [0.25, 0.3) is 0 Å². The third-order valence-corrected chi connectivity index (χ3v) is 2.34. The van der Waals surface area contributed by atoms with Gasteiger partial charge in [-0.15, -0.1) is 0 Å². The highest BCUT2D eigenvalue weighted by Gasteiger charge is 2.24. The molecule has 0 aliphatic rings. The van der Waals surface area contributed by atoms with E-state index >= 15 is 0 Å². The Morgan fingerprint density at radius 3 is 2.68 bits per heavy atom. The molecule has 1 aromatic heterocycles. The predicted octanol–water partition coefficient (Wildman–Crippen LogP) is 2.64. The zero-order valence-electron chi connectivity index (χ0n) is 10.7. The number of carbonyl (C=O) groups excluding carboxylic acids is 2. The fraction of sp³-hybridized carbons (Fsp3) is 0.417. The minimum atomic E-state index is -1.25. The molecule has 0 aliphatic carbocycles. The molecular weight excluding hydrogens is 275 g/mol. The van der Waals surface area contributed by atoms with Crippen molar-refractivity contribution < 1.29 is 18.7 Å². The molecule has 0 radical (unpaired) electrons. The fourth-order valence-electron chi connectivity index (χ4n) is 1.31. The highest BCUT2D eigenvalue weighted by molar-refractivity contribution is 6.31. The summed E-state index contributed by atoms with van der Waals surface area (Å²) < 4.78 is 18.5. The van der Waals surface area contributed by atoms with Crippen molar-refractivity contribution in [1.82, 2.24) is 10.3 Å². The fourth-order valence-corrected chi connectivity index (χ4v) is 1.56. The van der Waals surface area contributed by atoms with Crippen LogP contribution in [-0.4, -0.2) is 23.0 Å². The minimum Gasteiger partial charge on any atom is -0.444 e. The van der Waals surface area contributed by atoms with E-state index in [1.54, 1.807) is 20.8 Å². The molecule has 1 atom stereocenters. The van der Waals surface area contributed by atoms with Crippen molar-refractivity contribution in [2.45, 2.75) is 32.4 Å². The van der Waals surface area contributed by atoms with Crippen molar-refractivity contribution in [3.63, 3.8) is 0 Å². The third-order valence-electron chi connectivity index (χ3n) is 2.01. The molecule has 5 nitrogen and oxygen atoms in total. The van der Waals surface area contributed by atoms with Gasteiger partial charge >= 0.3 is 6.09 Å². The molecule has 0 aromatic carbocycles. The first-order chi connectivity index (χ1) is 8.74. The van der Waals surface area contributed by atoms with Crippen molar-refractivity contribution in [2.75, 3.05) is 0 Å². The number of ether oxygens (including phenoxy) is 1. The molecule has 1 heterocycles. The number of halogens is 2.